The summed E-state index contributed by atoms with van der Waals surface area (Å²) < 4.78 is 9.53. The van der Waals surface area contributed by atoms with E-state index < -0.39 is 0 Å². The first kappa shape index (κ1) is 20.9. The van der Waals surface area contributed by atoms with Gasteiger partial charge in [-0.2, -0.15) is 0 Å². The molecular weight excluding hydrogens is 408 g/mol. The number of carbonyl (C=O) groups excluding carboxylic acids is 1. The first-order valence-electron chi connectivity index (χ1n) is 11.6. The van der Waals surface area contributed by atoms with Crippen molar-refractivity contribution in [3.63, 3.8) is 0 Å². The summed E-state index contributed by atoms with van der Waals surface area (Å²) in [4.78, 5) is 17.8. The number of benzene rings is 1. The largest absolute Gasteiger partial charge is 0.497 e. The highest BCUT2D eigenvalue weighted by Crippen LogP contribution is 2.40. The SMILES string of the molecule is COc1cccc([C@@H]2CN(C(=O)CN3CC[C@H]4CCCC[C@H]4C3)C[C@H]2c2csnn2)c1. The van der Waals surface area contributed by atoms with Crippen molar-refractivity contribution in [2.45, 2.75) is 43.9 Å². The fourth-order valence-corrected chi connectivity index (χ4v) is 6.48. The summed E-state index contributed by atoms with van der Waals surface area (Å²) >= 11 is 1.38. The van der Waals surface area contributed by atoms with Crippen LogP contribution in [0.25, 0.3) is 0 Å². The lowest BCUT2D eigenvalue weighted by Crippen LogP contribution is -2.46. The van der Waals surface area contributed by atoms with Crippen LogP contribution in [0.4, 0.5) is 0 Å². The Balaban J connectivity index is 1.29. The molecule has 0 radical (unpaired) electrons. The van der Waals surface area contributed by atoms with E-state index >= 15 is 0 Å². The molecule has 1 aromatic heterocycles. The van der Waals surface area contributed by atoms with Crippen LogP contribution in [-0.4, -0.2) is 65.1 Å². The zero-order valence-corrected chi connectivity index (χ0v) is 19.1. The van der Waals surface area contributed by atoms with E-state index in [2.05, 4.69) is 31.5 Å². The van der Waals surface area contributed by atoms with Gasteiger partial charge < -0.3 is 9.64 Å². The van der Waals surface area contributed by atoms with Gasteiger partial charge in [0.15, 0.2) is 0 Å². The molecule has 2 aromatic rings. The average molecular weight is 441 g/mol. The predicted molar refractivity (Wildman–Crippen MR) is 121 cm³/mol. The van der Waals surface area contributed by atoms with Crippen molar-refractivity contribution < 1.29 is 9.53 Å². The van der Waals surface area contributed by atoms with Crippen LogP contribution in [0.15, 0.2) is 29.6 Å². The number of amides is 1. The number of ether oxygens (including phenoxy) is 1. The van der Waals surface area contributed by atoms with Crippen molar-refractivity contribution in [1.82, 2.24) is 19.4 Å². The number of methoxy groups -OCH3 is 1. The molecule has 3 fully saturated rings. The molecule has 1 saturated carbocycles. The van der Waals surface area contributed by atoms with E-state index in [1.54, 1.807) is 7.11 Å². The van der Waals surface area contributed by atoms with Crippen molar-refractivity contribution in [2.75, 3.05) is 39.8 Å². The number of fused-ring (bicyclic) bond motifs is 1. The third-order valence-corrected chi connectivity index (χ3v) is 8.21. The molecule has 5 rings (SSSR count). The molecule has 166 valence electrons. The summed E-state index contributed by atoms with van der Waals surface area (Å²) in [5.74, 6) is 3.20. The summed E-state index contributed by atoms with van der Waals surface area (Å²) in [6.45, 7) is 4.17. The van der Waals surface area contributed by atoms with Gasteiger partial charge in [-0.05, 0) is 60.5 Å². The molecule has 1 aliphatic carbocycles. The Labute approximate surface area is 188 Å². The van der Waals surface area contributed by atoms with Crippen LogP contribution in [0.1, 0.15) is 55.2 Å². The van der Waals surface area contributed by atoms with Crippen LogP contribution < -0.4 is 4.74 Å². The number of hydrogen-bond donors (Lipinski definition) is 0. The van der Waals surface area contributed by atoms with Crippen molar-refractivity contribution >= 4 is 17.4 Å². The molecule has 2 saturated heterocycles. The molecule has 0 N–H and O–H groups in total. The minimum Gasteiger partial charge on any atom is -0.497 e. The Kier molecular flexibility index (Phi) is 6.23. The fraction of sp³-hybridized carbons (Fsp3) is 0.625. The Hall–Kier alpha value is -1.99. The quantitative estimate of drug-likeness (QED) is 0.708. The molecule has 0 bridgehead atoms. The zero-order valence-electron chi connectivity index (χ0n) is 18.3. The second-order valence-electron chi connectivity index (χ2n) is 9.45. The van der Waals surface area contributed by atoms with Gasteiger partial charge in [0.05, 0.1) is 19.3 Å². The smallest absolute Gasteiger partial charge is 0.236 e. The summed E-state index contributed by atoms with van der Waals surface area (Å²) in [6, 6.07) is 8.24. The molecule has 1 aromatic carbocycles. The summed E-state index contributed by atoms with van der Waals surface area (Å²) in [5, 5.41) is 6.39. The van der Waals surface area contributed by atoms with Gasteiger partial charge in [0, 0.05) is 36.9 Å². The molecule has 3 heterocycles. The first-order chi connectivity index (χ1) is 15.2. The van der Waals surface area contributed by atoms with Gasteiger partial charge >= 0.3 is 0 Å². The van der Waals surface area contributed by atoms with E-state index in [0.29, 0.717) is 13.1 Å². The van der Waals surface area contributed by atoms with E-state index in [4.69, 9.17) is 4.74 Å². The Morgan fingerprint density at radius 1 is 1.13 bits per heavy atom. The molecule has 0 spiro atoms. The van der Waals surface area contributed by atoms with Crippen molar-refractivity contribution in [3.8, 4) is 5.75 Å². The highest BCUT2D eigenvalue weighted by atomic mass is 32.1. The second-order valence-corrected chi connectivity index (χ2v) is 10.1. The summed E-state index contributed by atoms with van der Waals surface area (Å²) in [7, 11) is 1.70. The van der Waals surface area contributed by atoms with Crippen LogP contribution >= 0.6 is 11.5 Å². The number of carbonyl (C=O) groups is 1. The molecule has 6 nitrogen and oxygen atoms in total. The predicted octanol–water partition coefficient (Wildman–Crippen LogP) is 3.77. The number of piperidine rings is 1. The molecule has 7 heteroatoms. The van der Waals surface area contributed by atoms with Gasteiger partial charge in [0.1, 0.15) is 5.75 Å². The van der Waals surface area contributed by atoms with E-state index in [9.17, 15) is 4.79 Å². The first-order valence-corrected chi connectivity index (χ1v) is 12.5. The molecule has 0 unspecified atom stereocenters. The van der Waals surface area contributed by atoms with Gasteiger partial charge in [-0.3, -0.25) is 9.69 Å². The van der Waals surface area contributed by atoms with E-state index in [1.165, 1.54) is 49.2 Å². The average Bonchev–Trinajstić information content (AvgIpc) is 3.49. The van der Waals surface area contributed by atoms with Gasteiger partial charge in [0.2, 0.25) is 5.91 Å². The van der Waals surface area contributed by atoms with Crippen LogP contribution in [0.3, 0.4) is 0 Å². The summed E-state index contributed by atoms with van der Waals surface area (Å²) in [6.07, 6.45) is 6.75. The third-order valence-electron chi connectivity index (χ3n) is 7.69. The highest BCUT2D eigenvalue weighted by Gasteiger charge is 2.39. The maximum Gasteiger partial charge on any atom is 0.236 e. The number of hydrogen-bond acceptors (Lipinski definition) is 6. The minimum absolute atomic E-state index is 0.180. The lowest BCUT2D eigenvalue weighted by molar-refractivity contribution is -0.132. The van der Waals surface area contributed by atoms with Gasteiger partial charge in [-0.25, -0.2) is 0 Å². The number of aromatic nitrogens is 2. The lowest BCUT2D eigenvalue weighted by atomic mass is 9.75. The fourth-order valence-electron chi connectivity index (χ4n) is 5.96. The highest BCUT2D eigenvalue weighted by molar-refractivity contribution is 7.03. The maximum absolute atomic E-state index is 13.3. The standard InChI is InChI=1S/C24H32N4O2S/c1-30-20-8-4-7-18(11-20)21-13-28(14-22(21)23-16-31-26-25-23)24(29)15-27-10-9-17-5-2-3-6-19(17)12-27/h4,7-8,11,16-17,19,21-22H,2-3,5-6,9-10,12-15H2,1H3/t17-,19+,21+,22-/m1/s1. The van der Waals surface area contributed by atoms with Crippen LogP contribution in [0.2, 0.25) is 0 Å². The minimum atomic E-state index is 0.180. The molecule has 4 atom stereocenters. The van der Waals surface area contributed by atoms with Crippen molar-refractivity contribution in [3.05, 3.63) is 40.9 Å². The topological polar surface area (TPSA) is 58.6 Å². The van der Waals surface area contributed by atoms with Gasteiger partial charge in [-0.15, -0.1) is 5.10 Å². The van der Waals surface area contributed by atoms with Crippen molar-refractivity contribution in [2.24, 2.45) is 11.8 Å². The van der Waals surface area contributed by atoms with E-state index in [-0.39, 0.29) is 17.7 Å². The number of rotatable bonds is 5. The summed E-state index contributed by atoms with van der Waals surface area (Å²) in [5.41, 5.74) is 2.20. The Bertz CT molecular complexity index is 889. The number of likely N-dealkylation sites (tertiary alicyclic amines) is 2. The number of nitrogens with zero attached hydrogens (tertiary/aromatic N) is 4. The Morgan fingerprint density at radius 3 is 2.77 bits per heavy atom. The molecule has 31 heavy (non-hydrogen) atoms. The normalized spacial score (nSPS) is 29.0. The Morgan fingerprint density at radius 2 is 1.97 bits per heavy atom. The zero-order chi connectivity index (χ0) is 21.2. The van der Waals surface area contributed by atoms with Crippen LogP contribution in [-0.2, 0) is 4.79 Å². The third kappa shape index (κ3) is 4.48. The van der Waals surface area contributed by atoms with E-state index in [0.717, 1.165) is 42.9 Å². The van der Waals surface area contributed by atoms with E-state index in [1.807, 2.05) is 17.5 Å². The maximum atomic E-state index is 13.3. The molecular formula is C24H32N4O2S. The van der Waals surface area contributed by atoms with Gasteiger partial charge in [-0.1, -0.05) is 35.9 Å². The van der Waals surface area contributed by atoms with Crippen LogP contribution in [0, 0.1) is 11.8 Å². The van der Waals surface area contributed by atoms with Crippen molar-refractivity contribution in [1.29, 1.82) is 0 Å². The van der Waals surface area contributed by atoms with Crippen LogP contribution in [0.5, 0.6) is 5.75 Å². The molecule has 1 amide bonds. The monoisotopic (exact) mass is 440 g/mol. The second kappa shape index (κ2) is 9.25. The molecule has 2 aliphatic heterocycles. The lowest BCUT2D eigenvalue weighted by Gasteiger charge is -2.41. The molecule has 3 aliphatic rings. The van der Waals surface area contributed by atoms with Gasteiger partial charge in [0.25, 0.3) is 0 Å².